The highest BCUT2D eigenvalue weighted by molar-refractivity contribution is 6.31. The molecule has 1 fully saturated rings. The molecular formula is C14H17ClN2O. The minimum atomic E-state index is -0.459. The number of nitrogens with zero attached hydrogens (tertiary/aromatic N) is 1. The van der Waals surface area contributed by atoms with Gasteiger partial charge in [0, 0.05) is 16.0 Å². The third-order valence-electron chi connectivity index (χ3n) is 3.94. The second-order valence-corrected chi connectivity index (χ2v) is 6.54. The van der Waals surface area contributed by atoms with E-state index in [0.29, 0.717) is 16.4 Å². The number of halogens is 1. The quantitative estimate of drug-likeness (QED) is 0.869. The third kappa shape index (κ3) is 1.91. The van der Waals surface area contributed by atoms with Crippen molar-refractivity contribution in [3.8, 4) is 0 Å². The van der Waals surface area contributed by atoms with E-state index in [9.17, 15) is 5.11 Å². The number of benzene rings is 1. The molecule has 1 heterocycles. The standard InChI is InChI=1S/C14H17ClN2O/c1-14(2)5-9(6-14)13(18)11-4-10(15)3-8-7-16-17-12(8)11/h3-4,7,9,13,18H,5-6H2,1-2H3,(H,16,17). The maximum Gasteiger partial charge on any atom is 0.0839 e. The molecule has 1 aliphatic carbocycles. The first-order valence-corrected chi connectivity index (χ1v) is 6.65. The molecule has 1 saturated carbocycles. The van der Waals surface area contributed by atoms with Crippen LogP contribution < -0.4 is 0 Å². The van der Waals surface area contributed by atoms with Gasteiger partial charge in [-0.1, -0.05) is 25.4 Å². The Morgan fingerprint density at radius 2 is 2.17 bits per heavy atom. The first-order valence-electron chi connectivity index (χ1n) is 6.27. The van der Waals surface area contributed by atoms with E-state index in [1.165, 1.54) is 0 Å². The summed E-state index contributed by atoms with van der Waals surface area (Å²) >= 11 is 6.09. The lowest BCUT2D eigenvalue weighted by atomic mass is 9.62. The summed E-state index contributed by atoms with van der Waals surface area (Å²) in [6.45, 7) is 4.47. The van der Waals surface area contributed by atoms with Gasteiger partial charge in [-0.3, -0.25) is 5.10 Å². The summed E-state index contributed by atoms with van der Waals surface area (Å²) in [5.41, 5.74) is 2.13. The zero-order valence-electron chi connectivity index (χ0n) is 10.6. The fourth-order valence-electron chi connectivity index (χ4n) is 3.12. The first-order chi connectivity index (χ1) is 8.46. The molecule has 2 N–H and O–H groups in total. The average Bonchev–Trinajstić information content (AvgIpc) is 2.71. The number of rotatable bonds is 2. The summed E-state index contributed by atoms with van der Waals surface area (Å²) in [4.78, 5) is 0. The number of aromatic amines is 1. The molecule has 0 saturated heterocycles. The fourth-order valence-corrected chi connectivity index (χ4v) is 3.35. The van der Waals surface area contributed by atoms with Crippen molar-refractivity contribution in [2.45, 2.75) is 32.8 Å². The van der Waals surface area contributed by atoms with Crippen LogP contribution in [-0.2, 0) is 0 Å². The van der Waals surface area contributed by atoms with E-state index >= 15 is 0 Å². The lowest BCUT2D eigenvalue weighted by Gasteiger charge is -2.45. The molecular weight excluding hydrogens is 248 g/mol. The van der Waals surface area contributed by atoms with Crippen molar-refractivity contribution in [3.05, 3.63) is 28.9 Å². The molecule has 0 amide bonds. The summed E-state index contributed by atoms with van der Waals surface area (Å²) in [5, 5.41) is 19.1. The van der Waals surface area contributed by atoms with Crippen molar-refractivity contribution in [1.29, 1.82) is 0 Å². The topological polar surface area (TPSA) is 48.9 Å². The molecule has 0 aliphatic heterocycles. The largest absolute Gasteiger partial charge is 0.388 e. The molecule has 0 radical (unpaired) electrons. The first kappa shape index (κ1) is 12.0. The lowest BCUT2D eigenvalue weighted by molar-refractivity contribution is -0.0140. The van der Waals surface area contributed by atoms with E-state index in [1.54, 1.807) is 6.20 Å². The van der Waals surface area contributed by atoms with Crippen LogP contribution in [0, 0.1) is 11.3 Å². The van der Waals surface area contributed by atoms with Crippen LogP contribution in [0.25, 0.3) is 10.9 Å². The van der Waals surface area contributed by atoms with Gasteiger partial charge >= 0.3 is 0 Å². The molecule has 3 nitrogen and oxygen atoms in total. The maximum absolute atomic E-state index is 10.5. The summed E-state index contributed by atoms with van der Waals surface area (Å²) in [5.74, 6) is 0.324. The van der Waals surface area contributed by atoms with Crippen LogP contribution in [0.1, 0.15) is 38.4 Å². The smallest absolute Gasteiger partial charge is 0.0839 e. The zero-order chi connectivity index (χ0) is 12.9. The fraction of sp³-hybridized carbons (Fsp3) is 0.500. The van der Waals surface area contributed by atoms with Gasteiger partial charge in [-0.25, -0.2) is 0 Å². The number of fused-ring (bicyclic) bond motifs is 1. The van der Waals surface area contributed by atoms with Crippen molar-refractivity contribution in [2.24, 2.45) is 11.3 Å². The second kappa shape index (κ2) is 3.97. The van der Waals surface area contributed by atoms with Crippen LogP contribution in [-0.4, -0.2) is 15.3 Å². The van der Waals surface area contributed by atoms with E-state index in [4.69, 9.17) is 11.6 Å². The molecule has 1 aromatic heterocycles. The number of hydrogen-bond acceptors (Lipinski definition) is 2. The summed E-state index contributed by atoms with van der Waals surface area (Å²) in [6.07, 6.45) is 3.38. The van der Waals surface area contributed by atoms with Crippen LogP contribution in [0.15, 0.2) is 18.3 Å². The Labute approximate surface area is 111 Å². The molecule has 3 rings (SSSR count). The van der Waals surface area contributed by atoms with Crippen LogP contribution in [0.2, 0.25) is 5.02 Å². The van der Waals surface area contributed by atoms with Gasteiger partial charge in [0.25, 0.3) is 0 Å². The highest BCUT2D eigenvalue weighted by Gasteiger charge is 2.40. The van der Waals surface area contributed by atoms with E-state index in [1.807, 2.05) is 12.1 Å². The number of nitrogens with one attached hydrogen (secondary N) is 1. The highest BCUT2D eigenvalue weighted by Crippen LogP contribution is 2.50. The number of aliphatic hydroxyl groups excluding tert-OH is 1. The Hall–Kier alpha value is -1.06. The summed E-state index contributed by atoms with van der Waals surface area (Å²) in [7, 11) is 0. The predicted octanol–water partition coefficient (Wildman–Crippen LogP) is 3.69. The summed E-state index contributed by atoms with van der Waals surface area (Å²) in [6, 6.07) is 3.71. The van der Waals surface area contributed by atoms with Crippen LogP contribution >= 0.6 is 11.6 Å². The van der Waals surface area contributed by atoms with E-state index in [0.717, 1.165) is 29.3 Å². The van der Waals surface area contributed by atoms with E-state index in [2.05, 4.69) is 24.0 Å². The van der Waals surface area contributed by atoms with Crippen molar-refractivity contribution < 1.29 is 5.11 Å². The van der Waals surface area contributed by atoms with Gasteiger partial charge in [0.15, 0.2) is 0 Å². The minimum absolute atomic E-state index is 0.324. The molecule has 1 atom stereocenters. The lowest BCUT2D eigenvalue weighted by Crippen LogP contribution is -2.35. The van der Waals surface area contributed by atoms with Gasteiger partial charge in [0.2, 0.25) is 0 Å². The van der Waals surface area contributed by atoms with Crippen molar-refractivity contribution in [2.75, 3.05) is 0 Å². The van der Waals surface area contributed by atoms with E-state index in [-0.39, 0.29) is 0 Å². The second-order valence-electron chi connectivity index (χ2n) is 6.11. The molecule has 2 aromatic rings. The van der Waals surface area contributed by atoms with Gasteiger partial charge in [0.05, 0.1) is 17.8 Å². The van der Waals surface area contributed by atoms with Crippen molar-refractivity contribution >= 4 is 22.5 Å². The monoisotopic (exact) mass is 264 g/mol. The van der Waals surface area contributed by atoms with Crippen LogP contribution in [0.5, 0.6) is 0 Å². The maximum atomic E-state index is 10.5. The number of aliphatic hydroxyl groups is 1. The van der Waals surface area contributed by atoms with Crippen LogP contribution in [0.3, 0.4) is 0 Å². The summed E-state index contributed by atoms with van der Waals surface area (Å²) < 4.78 is 0. The normalized spacial score (nSPS) is 20.9. The Bertz CT molecular complexity index is 582. The van der Waals surface area contributed by atoms with Gasteiger partial charge in [0.1, 0.15) is 0 Å². The molecule has 1 aliphatic rings. The minimum Gasteiger partial charge on any atom is -0.388 e. The van der Waals surface area contributed by atoms with E-state index < -0.39 is 6.10 Å². The van der Waals surface area contributed by atoms with Crippen molar-refractivity contribution in [3.63, 3.8) is 0 Å². The highest BCUT2D eigenvalue weighted by atomic mass is 35.5. The molecule has 0 spiro atoms. The number of hydrogen-bond donors (Lipinski definition) is 2. The Morgan fingerprint density at radius 1 is 1.44 bits per heavy atom. The molecule has 18 heavy (non-hydrogen) atoms. The van der Waals surface area contributed by atoms with Crippen LogP contribution in [0.4, 0.5) is 0 Å². The van der Waals surface area contributed by atoms with Gasteiger partial charge < -0.3 is 5.11 Å². The molecule has 4 heteroatoms. The third-order valence-corrected chi connectivity index (χ3v) is 4.16. The SMILES string of the molecule is CC1(C)CC(C(O)c2cc(Cl)cc3cn[nH]c23)C1. The molecule has 1 aromatic carbocycles. The Balaban J connectivity index is 1.96. The van der Waals surface area contributed by atoms with Crippen molar-refractivity contribution in [1.82, 2.24) is 10.2 Å². The van der Waals surface area contributed by atoms with Gasteiger partial charge in [-0.15, -0.1) is 0 Å². The van der Waals surface area contributed by atoms with Gasteiger partial charge in [-0.2, -0.15) is 5.10 Å². The molecule has 96 valence electrons. The van der Waals surface area contributed by atoms with Gasteiger partial charge in [-0.05, 0) is 36.3 Å². The zero-order valence-corrected chi connectivity index (χ0v) is 11.3. The Kier molecular flexibility index (Phi) is 2.65. The molecule has 1 unspecified atom stereocenters. The Morgan fingerprint density at radius 3 is 2.83 bits per heavy atom. The number of H-pyrrole nitrogens is 1. The predicted molar refractivity (Wildman–Crippen MR) is 72.6 cm³/mol. The molecule has 0 bridgehead atoms. The number of aromatic nitrogens is 2. The average molecular weight is 265 g/mol.